The van der Waals surface area contributed by atoms with Crippen LogP contribution in [0.15, 0.2) is 43.0 Å². The number of ether oxygens (including phenoxy) is 2. The first-order valence-electron chi connectivity index (χ1n) is 17.5. The number of benzene rings is 1. The van der Waals surface area contributed by atoms with Gasteiger partial charge in [0.15, 0.2) is 11.5 Å². The third-order valence-electron chi connectivity index (χ3n) is 8.03. The van der Waals surface area contributed by atoms with Crippen molar-refractivity contribution in [1.82, 2.24) is 19.5 Å². The highest BCUT2D eigenvalue weighted by molar-refractivity contribution is 7.53. The quantitative estimate of drug-likeness (QED) is 0.0600. The predicted molar refractivity (Wildman–Crippen MR) is 186 cm³/mol. The number of nitrogens with zero attached hydrogens (tertiary/aromatic N) is 4. The first-order valence-corrected chi connectivity index (χ1v) is 19.3. The lowest BCUT2D eigenvalue weighted by atomic mass is 10.0. The molecule has 2 atom stereocenters. The van der Waals surface area contributed by atoms with Crippen molar-refractivity contribution in [2.24, 2.45) is 0 Å². The third kappa shape index (κ3) is 15.5. The van der Waals surface area contributed by atoms with Crippen LogP contribution >= 0.6 is 7.60 Å². The fourth-order valence-corrected chi connectivity index (χ4v) is 6.72. The molecule has 2 N–H and O–H groups in total. The SMILES string of the molecule is CCCCCCCCCCCCCCCCOCCCOP(=O)(COC(C)Cn1cnc2c(N)ncnc21)OCc1ccccc1. The molecule has 11 heteroatoms. The standard InChI is InChI=1S/C35H58N5O5P/c1-3-4-5-6-7-8-9-10-11-12-13-14-15-19-23-42-24-20-25-44-46(41,45-27-32-21-17-16-18-22-32)30-43-31(2)26-40-29-39-33-34(36)37-28-38-35(33)40/h16-18,21-22,28-29,31H,3-15,19-20,23-27,30H2,1-2H3,(H2,36,37,38). The molecule has 2 unspecified atom stereocenters. The van der Waals surface area contributed by atoms with E-state index in [1.165, 1.54) is 89.8 Å². The highest BCUT2D eigenvalue weighted by atomic mass is 31.2. The summed E-state index contributed by atoms with van der Waals surface area (Å²) in [5.41, 5.74) is 7.98. The summed E-state index contributed by atoms with van der Waals surface area (Å²) in [5, 5.41) is 0. The van der Waals surface area contributed by atoms with Gasteiger partial charge in [-0.05, 0) is 25.3 Å². The summed E-state index contributed by atoms with van der Waals surface area (Å²) in [6, 6.07) is 9.63. The lowest BCUT2D eigenvalue weighted by molar-refractivity contribution is 0.0613. The summed E-state index contributed by atoms with van der Waals surface area (Å²) in [5.74, 6) is 0.327. The van der Waals surface area contributed by atoms with Gasteiger partial charge in [-0.1, -0.05) is 121 Å². The summed E-state index contributed by atoms with van der Waals surface area (Å²) in [6.07, 6.45) is 22.0. The van der Waals surface area contributed by atoms with Crippen LogP contribution in [0.4, 0.5) is 5.82 Å². The van der Waals surface area contributed by atoms with Crippen molar-refractivity contribution in [1.29, 1.82) is 0 Å². The molecule has 0 bridgehead atoms. The van der Waals surface area contributed by atoms with Crippen LogP contribution in [0.25, 0.3) is 11.2 Å². The molecule has 0 amide bonds. The second-order valence-corrected chi connectivity index (χ2v) is 14.2. The molecule has 0 saturated carbocycles. The van der Waals surface area contributed by atoms with Gasteiger partial charge in [0.05, 0.1) is 32.2 Å². The molecule has 3 rings (SSSR count). The Kier molecular flexibility index (Phi) is 19.1. The number of nitrogen functional groups attached to an aromatic ring is 1. The highest BCUT2D eigenvalue weighted by Crippen LogP contribution is 2.49. The first kappa shape index (κ1) is 38.1. The van der Waals surface area contributed by atoms with Crippen LogP contribution in [-0.4, -0.2) is 51.8 Å². The van der Waals surface area contributed by atoms with Crippen LogP contribution in [0.2, 0.25) is 0 Å². The molecule has 0 saturated heterocycles. The molecule has 0 aliphatic heterocycles. The van der Waals surface area contributed by atoms with E-state index in [2.05, 4.69) is 21.9 Å². The van der Waals surface area contributed by atoms with Gasteiger partial charge in [0.1, 0.15) is 18.2 Å². The Morgan fingerprint density at radius 1 is 0.783 bits per heavy atom. The van der Waals surface area contributed by atoms with Gasteiger partial charge >= 0.3 is 7.60 Å². The van der Waals surface area contributed by atoms with Crippen LogP contribution in [-0.2, 0) is 36.2 Å². The predicted octanol–water partition coefficient (Wildman–Crippen LogP) is 9.09. The summed E-state index contributed by atoms with van der Waals surface area (Å²) >= 11 is 0. The van der Waals surface area contributed by atoms with Crippen molar-refractivity contribution in [2.75, 3.05) is 31.9 Å². The number of hydrogen-bond acceptors (Lipinski definition) is 9. The van der Waals surface area contributed by atoms with Crippen molar-refractivity contribution in [2.45, 2.75) is 129 Å². The van der Waals surface area contributed by atoms with Crippen LogP contribution in [0.1, 0.15) is 116 Å². The number of fused-ring (bicyclic) bond motifs is 1. The van der Waals surface area contributed by atoms with E-state index in [0.29, 0.717) is 36.6 Å². The smallest absolute Gasteiger partial charge is 0.356 e. The molecule has 0 fully saturated rings. The molecule has 0 aliphatic rings. The van der Waals surface area contributed by atoms with E-state index < -0.39 is 7.60 Å². The lowest BCUT2D eigenvalue weighted by Gasteiger charge is -2.21. The summed E-state index contributed by atoms with van der Waals surface area (Å²) in [6.45, 7) is 6.37. The van der Waals surface area contributed by atoms with Gasteiger partial charge in [0.2, 0.25) is 0 Å². The van der Waals surface area contributed by atoms with E-state index in [4.69, 9.17) is 24.3 Å². The molecule has 46 heavy (non-hydrogen) atoms. The maximum atomic E-state index is 13.7. The van der Waals surface area contributed by atoms with Gasteiger partial charge in [-0.25, -0.2) is 15.0 Å². The third-order valence-corrected chi connectivity index (χ3v) is 9.60. The minimum absolute atomic E-state index is 0.162. The Hall–Kier alpha value is -2.36. The van der Waals surface area contributed by atoms with Crippen molar-refractivity contribution in [3.63, 3.8) is 0 Å². The number of hydrogen-bond donors (Lipinski definition) is 1. The fraction of sp³-hybridized carbons (Fsp3) is 0.686. The van der Waals surface area contributed by atoms with Gasteiger partial charge in [-0.15, -0.1) is 0 Å². The van der Waals surface area contributed by atoms with Crippen LogP contribution in [0.5, 0.6) is 0 Å². The minimum Gasteiger partial charge on any atom is -0.382 e. The Balaban J connectivity index is 1.26. The molecular weight excluding hydrogens is 601 g/mol. The first-order chi connectivity index (χ1) is 22.5. The van der Waals surface area contributed by atoms with Gasteiger partial charge in [-0.3, -0.25) is 4.57 Å². The number of unbranched alkanes of at least 4 members (excludes halogenated alkanes) is 13. The summed E-state index contributed by atoms with van der Waals surface area (Å²) in [7, 11) is -3.53. The Morgan fingerprint density at radius 2 is 1.41 bits per heavy atom. The monoisotopic (exact) mass is 659 g/mol. The molecule has 0 radical (unpaired) electrons. The van der Waals surface area contributed by atoms with Crippen molar-refractivity contribution < 1.29 is 23.1 Å². The average molecular weight is 660 g/mol. The van der Waals surface area contributed by atoms with E-state index in [1.807, 2.05) is 41.8 Å². The van der Waals surface area contributed by atoms with Crippen molar-refractivity contribution in [3.05, 3.63) is 48.5 Å². The normalized spacial score (nSPS) is 13.7. The summed E-state index contributed by atoms with van der Waals surface area (Å²) in [4.78, 5) is 12.6. The molecule has 0 spiro atoms. The highest BCUT2D eigenvalue weighted by Gasteiger charge is 2.27. The van der Waals surface area contributed by atoms with Gasteiger partial charge in [0.25, 0.3) is 0 Å². The maximum Gasteiger partial charge on any atom is 0.356 e. The van der Waals surface area contributed by atoms with Crippen LogP contribution in [0, 0.1) is 0 Å². The second-order valence-electron chi connectivity index (χ2n) is 12.2. The number of anilines is 1. The number of nitrogens with two attached hydrogens (primary N) is 1. The molecule has 0 aliphatic carbocycles. The molecule has 2 aromatic heterocycles. The largest absolute Gasteiger partial charge is 0.382 e. The van der Waals surface area contributed by atoms with E-state index in [9.17, 15) is 4.57 Å². The van der Waals surface area contributed by atoms with E-state index in [0.717, 1.165) is 18.6 Å². The Labute approximate surface area is 276 Å². The lowest BCUT2D eigenvalue weighted by Crippen LogP contribution is -2.18. The maximum absolute atomic E-state index is 13.7. The zero-order valence-electron chi connectivity index (χ0n) is 28.3. The molecule has 2 heterocycles. The topological polar surface area (TPSA) is 124 Å². The number of aromatic nitrogens is 4. The van der Waals surface area contributed by atoms with Gasteiger partial charge in [0, 0.05) is 13.2 Å². The molecular formula is C35H58N5O5P. The van der Waals surface area contributed by atoms with Crippen LogP contribution < -0.4 is 5.73 Å². The minimum atomic E-state index is -3.53. The van der Waals surface area contributed by atoms with Gasteiger partial charge in [-0.2, -0.15) is 0 Å². The second kappa shape index (κ2) is 23.0. The zero-order valence-corrected chi connectivity index (χ0v) is 29.2. The van der Waals surface area contributed by atoms with Crippen LogP contribution in [0.3, 0.4) is 0 Å². The van der Waals surface area contributed by atoms with Crippen molar-refractivity contribution >= 4 is 24.6 Å². The van der Waals surface area contributed by atoms with E-state index in [-0.39, 0.29) is 25.7 Å². The van der Waals surface area contributed by atoms with E-state index in [1.54, 1.807) is 6.33 Å². The number of rotatable bonds is 28. The summed E-state index contributed by atoms with van der Waals surface area (Å²) < 4.78 is 38.9. The molecule has 10 nitrogen and oxygen atoms in total. The zero-order chi connectivity index (χ0) is 32.7. The average Bonchev–Trinajstić information content (AvgIpc) is 3.48. The Bertz CT molecular complexity index is 1240. The molecule has 1 aromatic carbocycles. The number of imidazole rings is 1. The fourth-order valence-electron chi connectivity index (χ4n) is 5.30. The van der Waals surface area contributed by atoms with E-state index >= 15 is 0 Å². The molecule has 3 aromatic rings. The Morgan fingerprint density at radius 3 is 2.09 bits per heavy atom. The molecule has 258 valence electrons. The van der Waals surface area contributed by atoms with Crippen molar-refractivity contribution in [3.8, 4) is 0 Å². The van der Waals surface area contributed by atoms with Gasteiger partial charge < -0.3 is 28.8 Å².